The van der Waals surface area contributed by atoms with Crippen LogP contribution < -0.4 is 0 Å². The molecule has 0 saturated heterocycles. The summed E-state index contributed by atoms with van der Waals surface area (Å²) in [5.41, 5.74) is 0.886. The minimum atomic E-state index is -0.306. The predicted octanol–water partition coefficient (Wildman–Crippen LogP) is 5.85. The third kappa shape index (κ3) is 11.9. The summed E-state index contributed by atoms with van der Waals surface area (Å²) >= 11 is 5.80. The third-order valence-electron chi connectivity index (χ3n) is 4.09. The Morgan fingerprint density at radius 3 is 2.04 bits per heavy atom. The molecule has 0 saturated carbocycles. The van der Waals surface area contributed by atoms with Gasteiger partial charge in [-0.15, -0.1) is 0 Å². The molecule has 26 heavy (non-hydrogen) atoms. The van der Waals surface area contributed by atoms with Gasteiger partial charge in [0.15, 0.2) is 0 Å². The van der Waals surface area contributed by atoms with Gasteiger partial charge in [0.2, 0.25) is 0 Å². The van der Waals surface area contributed by atoms with E-state index in [-0.39, 0.29) is 31.4 Å². The van der Waals surface area contributed by atoms with Crippen LogP contribution in [0.2, 0.25) is 5.02 Å². The van der Waals surface area contributed by atoms with Gasteiger partial charge in [0.25, 0.3) is 0 Å². The van der Waals surface area contributed by atoms with Gasteiger partial charge in [-0.2, -0.15) is 0 Å². The summed E-state index contributed by atoms with van der Waals surface area (Å²) in [6.07, 6.45) is 9.28. The third-order valence-corrected chi connectivity index (χ3v) is 4.34. The van der Waals surface area contributed by atoms with Crippen LogP contribution in [0.15, 0.2) is 24.3 Å². The van der Waals surface area contributed by atoms with Gasteiger partial charge in [-0.3, -0.25) is 9.59 Å². The number of benzene rings is 1. The fraction of sp³-hybridized carbons (Fsp3) is 0.619. The Morgan fingerprint density at radius 1 is 0.808 bits per heavy atom. The summed E-state index contributed by atoms with van der Waals surface area (Å²) in [5, 5.41) is 0.648. The van der Waals surface area contributed by atoms with Crippen molar-refractivity contribution in [2.45, 2.75) is 77.7 Å². The quantitative estimate of drug-likeness (QED) is 0.299. The molecule has 0 bridgehead atoms. The molecule has 5 heteroatoms. The molecule has 0 aromatic heterocycles. The van der Waals surface area contributed by atoms with Crippen LogP contribution in [0.25, 0.3) is 0 Å². The van der Waals surface area contributed by atoms with Gasteiger partial charge < -0.3 is 9.47 Å². The highest BCUT2D eigenvalue weighted by atomic mass is 35.5. The monoisotopic (exact) mass is 382 g/mol. The molecule has 0 amide bonds. The molecule has 4 nitrogen and oxygen atoms in total. The van der Waals surface area contributed by atoms with E-state index >= 15 is 0 Å². The SMILES string of the molecule is CCCCCCCCCOC(=O)CCCC(=O)OCc1ccc(Cl)cc1. The Balaban J connectivity index is 1.96. The molecule has 1 aromatic rings. The topological polar surface area (TPSA) is 52.6 Å². The maximum Gasteiger partial charge on any atom is 0.306 e. The van der Waals surface area contributed by atoms with Crippen molar-refractivity contribution in [2.75, 3.05) is 6.61 Å². The fourth-order valence-corrected chi connectivity index (χ4v) is 2.64. The van der Waals surface area contributed by atoms with Crippen LogP contribution in [0, 0.1) is 0 Å². The number of esters is 2. The van der Waals surface area contributed by atoms with E-state index in [1.807, 2.05) is 12.1 Å². The Morgan fingerprint density at radius 2 is 1.38 bits per heavy atom. The molecule has 146 valence electrons. The zero-order chi connectivity index (χ0) is 19.0. The highest BCUT2D eigenvalue weighted by Crippen LogP contribution is 2.11. The molecule has 0 atom stereocenters. The van der Waals surface area contributed by atoms with Gasteiger partial charge in [0.1, 0.15) is 6.61 Å². The van der Waals surface area contributed by atoms with Crippen molar-refractivity contribution in [3.63, 3.8) is 0 Å². The highest BCUT2D eigenvalue weighted by molar-refractivity contribution is 6.30. The van der Waals surface area contributed by atoms with E-state index in [1.54, 1.807) is 12.1 Å². The van der Waals surface area contributed by atoms with Gasteiger partial charge in [0, 0.05) is 17.9 Å². The molecular formula is C21H31ClO4. The molecule has 1 aromatic carbocycles. The fourth-order valence-electron chi connectivity index (χ4n) is 2.51. The Labute approximate surface area is 162 Å². The van der Waals surface area contributed by atoms with Crippen molar-refractivity contribution >= 4 is 23.5 Å². The zero-order valence-electron chi connectivity index (χ0n) is 15.8. The maximum absolute atomic E-state index is 11.7. The van der Waals surface area contributed by atoms with E-state index in [0.29, 0.717) is 18.1 Å². The second-order valence-corrected chi connectivity index (χ2v) is 6.92. The summed E-state index contributed by atoms with van der Waals surface area (Å²) in [6.45, 7) is 2.91. The van der Waals surface area contributed by atoms with Crippen LogP contribution in [-0.2, 0) is 25.7 Å². The summed E-state index contributed by atoms with van der Waals surface area (Å²) in [7, 11) is 0. The average molecular weight is 383 g/mol. The van der Waals surface area contributed by atoms with Crippen LogP contribution in [0.3, 0.4) is 0 Å². The number of ether oxygens (including phenoxy) is 2. The lowest BCUT2D eigenvalue weighted by Gasteiger charge is -2.06. The smallest absolute Gasteiger partial charge is 0.306 e. The van der Waals surface area contributed by atoms with Crippen molar-refractivity contribution < 1.29 is 19.1 Å². The molecule has 0 heterocycles. The molecule has 0 fully saturated rings. The highest BCUT2D eigenvalue weighted by Gasteiger charge is 2.07. The predicted molar refractivity (Wildman–Crippen MR) is 104 cm³/mol. The van der Waals surface area contributed by atoms with Crippen LogP contribution in [-0.4, -0.2) is 18.5 Å². The first-order valence-electron chi connectivity index (χ1n) is 9.67. The lowest BCUT2D eigenvalue weighted by atomic mass is 10.1. The molecule has 1 rings (SSSR count). The van der Waals surface area contributed by atoms with E-state index in [1.165, 1.54) is 32.1 Å². The Kier molecular flexibility index (Phi) is 12.6. The second-order valence-electron chi connectivity index (χ2n) is 6.48. The normalized spacial score (nSPS) is 10.5. The van der Waals surface area contributed by atoms with Gasteiger partial charge in [-0.25, -0.2) is 0 Å². The lowest BCUT2D eigenvalue weighted by Crippen LogP contribution is -2.08. The number of halogens is 1. The van der Waals surface area contributed by atoms with E-state index < -0.39 is 0 Å². The van der Waals surface area contributed by atoms with Crippen molar-refractivity contribution in [2.24, 2.45) is 0 Å². The molecule has 0 aliphatic carbocycles. The van der Waals surface area contributed by atoms with Gasteiger partial charge in [-0.1, -0.05) is 69.2 Å². The number of unbranched alkanes of at least 4 members (excludes halogenated alkanes) is 6. The molecule has 0 aliphatic rings. The van der Waals surface area contributed by atoms with Crippen molar-refractivity contribution in [3.05, 3.63) is 34.9 Å². The van der Waals surface area contributed by atoms with Crippen molar-refractivity contribution in [3.8, 4) is 0 Å². The summed E-state index contributed by atoms with van der Waals surface area (Å²) in [5.74, 6) is -0.540. The first-order valence-corrected chi connectivity index (χ1v) is 10.0. The number of hydrogen-bond donors (Lipinski definition) is 0. The molecule has 0 radical (unpaired) electrons. The van der Waals surface area contributed by atoms with Crippen molar-refractivity contribution in [1.29, 1.82) is 0 Å². The van der Waals surface area contributed by atoms with E-state index in [2.05, 4.69) is 6.92 Å². The minimum Gasteiger partial charge on any atom is -0.466 e. The summed E-state index contributed by atoms with van der Waals surface area (Å²) in [6, 6.07) is 7.14. The number of rotatable bonds is 14. The average Bonchev–Trinajstić information content (AvgIpc) is 2.63. The zero-order valence-corrected chi connectivity index (χ0v) is 16.6. The standard InChI is InChI=1S/C21H31ClO4/c1-2-3-4-5-6-7-8-16-25-20(23)10-9-11-21(24)26-17-18-12-14-19(22)15-13-18/h12-15H,2-11,16-17H2,1H3. The largest absolute Gasteiger partial charge is 0.466 e. The van der Waals surface area contributed by atoms with E-state index in [0.717, 1.165) is 18.4 Å². The van der Waals surface area contributed by atoms with Gasteiger partial charge in [0.05, 0.1) is 6.61 Å². The molecule has 0 unspecified atom stereocenters. The number of carbonyl (C=O) groups is 2. The maximum atomic E-state index is 11.7. The minimum absolute atomic E-state index is 0.221. The van der Waals surface area contributed by atoms with Crippen molar-refractivity contribution in [1.82, 2.24) is 0 Å². The molecular weight excluding hydrogens is 352 g/mol. The first-order chi connectivity index (χ1) is 12.6. The molecule has 0 aliphatic heterocycles. The molecule has 0 spiro atoms. The number of carbonyl (C=O) groups excluding carboxylic acids is 2. The first kappa shape index (κ1) is 22.5. The summed E-state index contributed by atoms with van der Waals surface area (Å²) < 4.78 is 10.4. The number of hydrogen-bond acceptors (Lipinski definition) is 4. The molecule has 0 N–H and O–H groups in total. The Hall–Kier alpha value is -1.55. The van der Waals surface area contributed by atoms with Crippen LogP contribution in [0.1, 0.15) is 76.7 Å². The van der Waals surface area contributed by atoms with E-state index in [4.69, 9.17) is 21.1 Å². The van der Waals surface area contributed by atoms with Crippen LogP contribution >= 0.6 is 11.6 Å². The lowest BCUT2D eigenvalue weighted by molar-refractivity contribution is -0.146. The summed E-state index contributed by atoms with van der Waals surface area (Å²) in [4.78, 5) is 23.3. The van der Waals surface area contributed by atoms with Gasteiger partial charge >= 0.3 is 11.9 Å². The Bertz CT molecular complexity index is 513. The van der Waals surface area contributed by atoms with Gasteiger partial charge in [-0.05, 0) is 30.5 Å². The van der Waals surface area contributed by atoms with Crippen LogP contribution in [0.5, 0.6) is 0 Å². The second kappa shape index (κ2) is 14.6. The van der Waals surface area contributed by atoms with E-state index in [9.17, 15) is 9.59 Å². The van der Waals surface area contributed by atoms with Crippen LogP contribution in [0.4, 0.5) is 0 Å².